The quantitative estimate of drug-likeness (QED) is 0.738. The van der Waals surface area contributed by atoms with E-state index < -0.39 is 5.91 Å². The number of nitrogen functional groups attached to an aromatic ring is 1. The zero-order valence-corrected chi connectivity index (χ0v) is 12.9. The molecule has 0 saturated carbocycles. The maximum absolute atomic E-state index is 12.2. The highest BCUT2D eigenvalue weighted by Gasteiger charge is 2.16. The number of benzene rings is 2. The van der Waals surface area contributed by atoms with Gasteiger partial charge in [-0.1, -0.05) is 52.5 Å². The predicted molar refractivity (Wildman–Crippen MR) is 85.3 cm³/mol. The van der Waals surface area contributed by atoms with Gasteiger partial charge < -0.3 is 11.1 Å². The molecule has 0 aliphatic rings. The van der Waals surface area contributed by atoms with E-state index in [1.807, 2.05) is 0 Å². The molecule has 2 rings (SSSR count). The van der Waals surface area contributed by atoms with Crippen LogP contribution in [0.25, 0.3) is 0 Å². The van der Waals surface area contributed by atoms with Gasteiger partial charge in [-0.15, -0.1) is 0 Å². The Labute approximate surface area is 135 Å². The monoisotopic (exact) mass is 348 g/mol. The lowest BCUT2D eigenvalue weighted by Gasteiger charge is -2.11. The summed E-state index contributed by atoms with van der Waals surface area (Å²) in [4.78, 5) is 12.2. The minimum absolute atomic E-state index is 0.113. The van der Waals surface area contributed by atoms with Gasteiger partial charge in [-0.2, -0.15) is 0 Å². The third-order valence-corrected chi connectivity index (χ3v) is 3.93. The predicted octanol–water partition coefficient (Wildman–Crippen LogP) is 5.13. The smallest absolute Gasteiger partial charge is 0.257 e. The fraction of sp³-hybridized carbons (Fsp3) is 0. The van der Waals surface area contributed by atoms with Crippen molar-refractivity contribution in [1.82, 2.24) is 0 Å². The third kappa shape index (κ3) is 3.13. The van der Waals surface area contributed by atoms with E-state index in [2.05, 4.69) is 5.32 Å². The summed E-state index contributed by atoms with van der Waals surface area (Å²) in [5.74, 6) is -0.501. The minimum Gasteiger partial charge on any atom is -0.399 e. The molecule has 20 heavy (non-hydrogen) atoms. The van der Waals surface area contributed by atoms with Crippen LogP contribution in [0.3, 0.4) is 0 Å². The third-order valence-electron chi connectivity index (χ3n) is 2.50. The highest BCUT2D eigenvalue weighted by atomic mass is 35.5. The average molecular weight is 350 g/mol. The number of hydrogen-bond acceptors (Lipinski definition) is 2. The largest absolute Gasteiger partial charge is 0.399 e. The molecule has 0 heterocycles. The average Bonchev–Trinajstić information content (AvgIpc) is 2.38. The van der Waals surface area contributed by atoms with Crippen molar-refractivity contribution in [3.63, 3.8) is 0 Å². The number of nitrogens with one attached hydrogen (secondary N) is 1. The molecule has 0 atom stereocenters. The molecular formula is C13H8Cl4N2O. The van der Waals surface area contributed by atoms with Crippen molar-refractivity contribution >= 4 is 63.7 Å². The normalized spacial score (nSPS) is 10.4. The Morgan fingerprint density at radius 2 is 1.60 bits per heavy atom. The van der Waals surface area contributed by atoms with E-state index in [0.29, 0.717) is 21.4 Å². The van der Waals surface area contributed by atoms with Gasteiger partial charge in [-0.05, 0) is 24.3 Å². The molecular weight excluding hydrogens is 342 g/mol. The second-order valence-electron chi connectivity index (χ2n) is 3.92. The SMILES string of the molecule is Nc1cc(Cl)c(Cl)c(C(=O)Nc2c(Cl)cccc2Cl)c1. The summed E-state index contributed by atoms with van der Waals surface area (Å²) in [5, 5.41) is 3.53. The van der Waals surface area contributed by atoms with Gasteiger partial charge in [0.2, 0.25) is 0 Å². The topological polar surface area (TPSA) is 55.1 Å². The zero-order valence-electron chi connectivity index (χ0n) is 9.88. The Morgan fingerprint density at radius 3 is 2.20 bits per heavy atom. The number of para-hydroxylation sites is 1. The standard InChI is InChI=1S/C13H8Cl4N2O/c14-8-2-1-3-9(15)12(8)19-13(20)7-4-6(18)5-10(16)11(7)17/h1-5H,18H2,(H,19,20). The molecule has 0 aromatic heterocycles. The first-order valence-electron chi connectivity index (χ1n) is 5.40. The molecule has 0 radical (unpaired) electrons. The maximum Gasteiger partial charge on any atom is 0.257 e. The second kappa shape index (κ2) is 6.10. The van der Waals surface area contributed by atoms with E-state index in [9.17, 15) is 4.79 Å². The summed E-state index contributed by atoms with van der Waals surface area (Å²) in [7, 11) is 0. The molecule has 0 aliphatic carbocycles. The lowest BCUT2D eigenvalue weighted by atomic mass is 10.2. The van der Waals surface area contributed by atoms with Gasteiger partial charge in [-0.3, -0.25) is 4.79 Å². The first-order chi connectivity index (χ1) is 9.40. The Bertz CT molecular complexity index is 668. The van der Waals surface area contributed by atoms with Gasteiger partial charge in [0, 0.05) is 5.69 Å². The van der Waals surface area contributed by atoms with Crippen molar-refractivity contribution in [2.24, 2.45) is 0 Å². The Balaban J connectivity index is 2.39. The number of carbonyl (C=O) groups is 1. The summed E-state index contributed by atoms with van der Waals surface area (Å²) >= 11 is 23.8. The maximum atomic E-state index is 12.2. The van der Waals surface area contributed by atoms with Crippen LogP contribution in [0.4, 0.5) is 11.4 Å². The van der Waals surface area contributed by atoms with E-state index in [4.69, 9.17) is 52.1 Å². The summed E-state index contributed by atoms with van der Waals surface area (Å²) in [6, 6.07) is 7.77. The van der Waals surface area contributed by atoms with Gasteiger partial charge in [-0.25, -0.2) is 0 Å². The van der Waals surface area contributed by atoms with E-state index in [0.717, 1.165) is 0 Å². The van der Waals surface area contributed by atoms with E-state index in [1.165, 1.54) is 12.1 Å². The van der Waals surface area contributed by atoms with Crippen LogP contribution in [-0.2, 0) is 0 Å². The highest BCUT2D eigenvalue weighted by molar-refractivity contribution is 6.45. The van der Waals surface area contributed by atoms with E-state index >= 15 is 0 Å². The molecule has 0 fully saturated rings. The van der Waals surface area contributed by atoms with Gasteiger partial charge in [0.05, 0.1) is 31.3 Å². The molecule has 0 unspecified atom stereocenters. The molecule has 104 valence electrons. The number of carbonyl (C=O) groups excluding carboxylic acids is 1. The van der Waals surface area contributed by atoms with Crippen LogP contribution in [0.2, 0.25) is 20.1 Å². The number of hydrogen-bond donors (Lipinski definition) is 2. The van der Waals surface area contributed by atoms with Crippen LogP contribution in [0.5, 0.6) is 0 Å². The summed E-state index contributed by atoms with van der Waals surface area (Å²) in [6.45, 7) is 0. The first-order valence-corrected chi connectivity index (χ1v) is 6.91. The number of anilines is 2. The van der Waals surface area contributed by atoms with Crippen molar-refractivity contribution in [2.45, 2.75) is 0 Å². The Kier molecular flexibility index (Phi) is 4.66. The summed E-state index contributed by atoms with van der Waals surface area (Å²) in [6.07, 6.45) is 0. The van der Waals surface area contributed by atoms with E-state index in [-0.39, 0.29) is 15.6 Å². The van der Waals surface area contributed by atoms with Crippen LogP contribution >= 0.6 is 46.4 Å². The van der Waals surface area contributed by atoms with Crippen LogP contribution in [0.1, 0.15) is 10.4 Å². The second-order valence-corrected chi connectivity index (χ2v) is 5.51. The summed E-state index contributed by atoms with van der Waals surface area (Å²) < 4.78 is 0. The van der Waals surface area contributed by atoms with Crippen LogP contribution < -0.4 is 11.1 Å². The first kappa shape index (κ1) is 15.3. The lowest BCUT2D eigenvalue weighted by Crippen LogP contribution is -2.13. The number of nitrogens with two attached hydrogens (primary N) is 1. The van der Waals surface area contributed by atoms with Crippen LogP contribution in [0.15, 0.2) is 30.3 Å². The minimum atomic E-state index is -0.501. The highest BCUT2D eigenvalue weighted by Crippen LogP contribution is 2.33. The van der Waals surface area contributed by atoms with Crippen molar-refractivity contribution in [3.8, 4) is 0 Å². The molecule has 2 aromatic carbocycles. The molecule has 2 aromatic rings. The van der Waals surface area contributed by atoms with Crippen LogP contribution in [0, 0.1) is 0 Å². The van der Waals surface area contributed by atoms with Crippen molar-refractivity contribution < 1.29 is 4.79 Å². The fourth-order valence-corrected chi connectivity index (χ4v) is 2.49. The van der Waals surface area contributed by atoms with Crippen molar-refractivity contribution in [1.29, 1.82) is 0 Å². The molecule has 0 bridgehead atoms. The molecule has 0 spiro atoms. The summed E-state index contributed by atoms with van der Waals surface area (Å²) in [5.41, 5.74) is 6.42. The number of amides is 1. The zero-order chi connectivity index (χ0) is 14.9. The van der Waals surface area contributed by atoms with Gasteiger partial charge >= 0.3 is 0 Å². The van der Waals surface area contributed by atoms with Crippen molar-refractivity contribution in [2.75, 3.05) is 11.1 Å². The van der Waals surface area contributed by atoms with Crippen molar-refractivity contribution in [3.05, 3.63) is 56.0 Å². The van der Waals surface area contributed by atoms with Gasteiger partial charge in [0.15, 0.2) is 0 Å². The lowest BCUT2D eigenvalue weighted by molar-refractivity contribution is 0.102. The van der Waals surface area contributed by atoms with Gasteiger partial charge in [0.1, 0.15) is 0 Å². The molecule has 7 heteroatoms. The van der Waals surface area contributed by atoms with E-state index in [1.54, 1.807) is 18.2 Å². The Morgan fingerprint density at radius 1 is 1.00 bits per heavy atom. The molecule has 3 N–H and O–H groups in total. The van der Waals surface area contributed by atoms with Gasteiger partial charge in [0.25, 0.3) is 5.91 Å². The van der Waals surface area contributed by atoms with Crippen LogP contribution in [-0.4, -0.2) is 5.91 Å². The molecule has 0 aliphatic heterocycles. The number of halogens is 4. The fourth-order valence-electron chi connectivity index (χ4n) is 1.57. The molecule has 3 nitrogen and oxygen atoms in total. The Hall–Kier alpha value is -1.13. The number of rotatable bonds is 2. The molecule has 1 amide bonds. The molecule has 0 saturated heterocycles.